The normalized spacial score (nSPS) is 11.1. The van der Waals surface area contributed by atoms with E-state index >= 15 is 0 Å². The molecular formula is C30H25ClN2O3. The third-order valence-electron chi connectivity index (χ3n) is 5.81. The summed E-state index contributed by atoms with van der Waals surface area (Å²) in [4.78, 5) is 12.8. The summed E-state index contributed by atoms with van der Waals surface area (Å²) in [5, 5.41) is 15.0. The summed E-state index contributed by atoms with van der Waals surface area (Å²) >= 11 is 6.55. The number of fused-ring (bicyclic) bond motifs is 1. The van der Waals surface area contributed by atoms with E-state index in [0.717, 1.165) is 27.5 Å². The predicted molar refractivity (Wildman–Crippen MR) is 144 cm³/mol. The van der Waals surface area contributed by atoms with E-state index in [0.29, 0.717) is 34.4 Å². The number of nitrogens with zero attached hydrogens (tertiary/aromatic N) is 1. The van der Waals surface area contributed by atoms with Crippen molar-refractivity contribution >= 4 is 40.0 Å². The Bertz CT molecular complexity index is 1510. The van der Waals surface area contributed by atoms with Crippen molar-refractivity contribution in [3.05, 3.63) is 106 Å². The number of amides is 1. The van der Waals surface area contributed by atoms with Crippen LogP contribution >= 0.6 is 11.6 Å². The van der Waals surface area contributed by atoms with E-state index in [1.807, 2.05) is 68.4 Å². The molecule has 0 atom stereocenters. The van der Waals surface area contributed by atoms with Crippen molar-refractivity contribution in [2.75, 3.05) is 12.4 Å². The molecule has 6 heteroatoms. The van der Waals surface area contributed by atoms with Gasteiger partial charge >= 0.3 is 0 Å². The Hall–Kier alpha value is -4.27. The minimum absolute atomic E-state index is 0.0579. The number of methoxy groups -OCH3 is 1. The number of hydrogen-bond donors (Lipinski definition) is 1. The number of aryl methyl sites for hydroxylation is 2. The van der Waals surface area contributed by atoms with Crippen molar-refractivity contribution in [3.8, 4) is 17.6 Å². The van der Waals surface area contributed by atoms with Crippen molar-refractivity contribution in [2.45, 2.75) is 20.5 Å². The van der Waals surface area contributed by atoms with Crippen LogP contribution in [-0.4, -0.2) is 13.0 Å². The lowest BCUT2D eigenvalue weighted by molar-refractivity contribution is -0.112. The lowest BCUT2D eigenvalue weighted by atomic mass is 10.1. The number of nitriles is 1. The molecule has 1 N–H and O–H groups in total. The zero-order valence-electron chi connectivity index (χ0n) is 20.3. The summed E-state index contributed by atoms with van der Waals surface area (Å²) in [6.07, 6.45) is 1.47. The van der Waals surface area contributed by atoms with Crippen molar-refractivity contribution in [3.63, 3.8) is 0 Å². The van der Waals surface area contributed by atoms with Gasteiger partial charge in [0.05, 0.1) is 12.1 Å². The van der Waals surface area contributed by atoms with Gasteiger partial charge < -0.3 is 14.8 Å². The fourth-order valence-electron chi connectivity index (χ4n) is 3.99. The van der Waals surface area contributed by atoms with Gasteiger partial charge in [-0.2, -0.15) is 5.26 Å². The SMILES string of the molecule is COc1cc(/C=C(\C#N)C(=O)Nc2ccc(C)cc2C)cc(Cl)c1OCc1cccc2ccccc12. The first-order valence-electron chi connectivity index (χ1n) is 11.4. The minimum Gasteiger partial charge on any atom is -0.493 e. The molecule has 4 aromatic carbocycles. The molecule has 36 heavy (non-hydrogen) atoms. The molecule has 0 unspecified atom stereocenters. The maximum absolute atomic E-state index is 12.8. The van der Waals surface area contributed by atoms with Gasteiger partial charge in [-0.1, -0.05) is 71.8 Å². The highest BCUT2D eigenvalue weighted by atomic mass is 35.5. The average molecular weight is 497 g/mol. The van der Waals surface area contributed by atoms with Crippen molar-refractivity contribution in [1.29, 1.82) is 5.26 Å². The Morgan fingerprint density at radius 1 is 1.06 bits per heavy atom. The first-order valence-corrected chi connectivity index (χ1v) is 11.7. The standard InChI is InChI=1S/C30H25ClN2O3/c1-19-11-12-27(20(2)13-19)33-30(34)24(17-32)14-21-15-26(31)29(28(16-21)35-3)36-18-23-9-6-8-22-7-4-5-10-25(22)23/h4-16H,18H2,1-3H3,(H,33,34)/b24-14+. The van der Waals surface area contributed by atoms with Crippen molar-refractivity contribution in [1.82, 2.24) is 0 Å². The smallest absolute Gasteiger partial charge is 0.266 e. The van der Waals surface area contributed by atoms with Crippen LogP contribution in [0.5, 0.6) is 11.5 Å². The number of anilines is 1. The van der Waals surface area contributed by atoms with Crippen LogP contribution in [0.2, 0.25) is 5.02 Å². The van der Waals surface area contributed by atoms with E-state index < -0.39 is 5.91 Å². The molecule has 0 bridgehead atoms. The Labute approximate surface area is 215 Å². The Morgan fingerprint density at radius 3 is 2.58 bits per heavy atom. The van der Waals surface area contributed by atoms with Crippen molar-refractivity contribution in [2.24, 2.45) is 0 Å². The van der Waals surface area contributed by atoms with Gasteiger partial charge in [0.15, 0.2) is 11.5 Å². The Kier molecular flexibility index (Phi) is 7.58. The molecule has 180 valence electrons. The molecule has 4 aromatic rings. The summed E-state index contributed by atoms with van der Waals surface area (Å²) < 4.78 is 11.6. The number of rotatable bonds is 7. The predicted octanol–water partition coefficient (Wildman–Crippen LogP) is 7.24. The van der Waals surface area contributed by atoms with Gasteiger partial charge in [-0.3, -0.25) is 4.79 Å². The number of hydrogen-bond acceptors (Lipinski definition) is 4. The lowest BCUT2D eigenvalue weighted by Gasteiger charge is -2.15. The van der Waals surface area contributed by atoms with E-state index in [2.05, 4.69) is 17.4 Å². The highest BCUT2D eigenvalue weighted by molar-refractivity contribution is 6.32. The van der Waals surface area contributed by atoms with Gasteiger partial charge in [-0.25, -0.2) is 0 Å². The van der Waals surface area contributed by atoms with Crippen LogP contribution in [0.1, 0.15) is 22.3 Å². The molecule has 0 radical (unpaired) electrons. The maximum atomic E-state index is 12.8. The van der Waals surface area contributed by atoms with Crippen LogP contribution in [0.15, 0.2) is 78.4 Å². The average Bonchev–Trinajstić information content (AvgIpc) is 2.87. The number of benzene rings is 4. The summed E-state index contributed by atoms with van der Waals surface area (Å²) in [7, 11) is 1.52. The van der Waals surface area contributed by atoms with Gasteiger partial charge in [0.2, 0.25) is 0 Å². The van der Waals surface area contributed by atoms with Gasteiger partial charge in [0.1, 0.15) is 18.2 Å². The zero-order valence-corrected chi connectivity index (χ0v) is 21.0. The van der Waals surface area contributed by atoms with Crippen LogP contribution in [-0.2, 0) is 11.4 Å². The van der Waals surface area contributed by atoms with Gasteiger partial charge in [-0.05, 0) is 65.6 Å². The zero-order chi connectivity index (χ0) is 25.7. The fourth-order valence-corrected chi connectivity index (χ4v) is 4.26. The summed E-state index contributed by atoms with van der Waals surface area (Å²) in [5.74, 6) is 0.291. The molecule has 0 aromatic heterocycles. The number of carbonyl (C=O) groups excluding carboxylic acids is 1. The minimum atomic E-state index is -0.504. The van der Waals surface area contributed by atoms with Crippen molar-refractivity contribution < 1.29 is 14.3 Å². The van der Waals surface area contributed by atoms with E-state index in [9.17, 15) is 10.1 Å². The largest absolute Gasteiger partial charge is 0.493 e. The topological polar surface area (TPSA) is 71.3 Å². The molecular weight excluding hydrogens is 472 g/mol. The monoisotopic (exact) mass is 496 g/mol. The highest BCUT2D eigenvalue weighted by Gasteiger charge is 2.15. The molecule has 0 spiro atoms. The van der Waals surface area contributed by atoms with Crippen LogP contribution in [0.3, 0.4) is 0 Å². The van der Waals surface area contributed by atoms with E-state index in [4.69, 9.17) is 21.1 Å². The first-order chi connectivity index (χ1) is 17.4. The number of nitrogens with one attached hydrogen (secondary N) is 1. The highest BCUT2D eigenvalue weighted by Crippen LogP contribution is 2.38. The van der Waals surface area contributed by atoms with Crippen LogP contribution < -0.4 is 14.8 Å². The van der Waals surface area contributed by atoms with E-state index in [1.54, 1.807) is 12.1 Å². The van der Waals surface area contributed by atoms with Crippen LogP contribution in [0, 0.1) is 25.2 Å². The molecule has 0 saturated carbocycles. The molecule has 4 rings (SSSR count). The number of halogens is 1. The number of carbonyl (C=O) groups is 1. The number of ether oxygens (including phenoxy) is 2. The molecule has 0 heterocycles. The Morgan fingerprint density at radius 2 is 1.83 bits per heavy atom. The fraction of sp³-hybridized carbons (Fsp3) is 0.133. The molecule has 0 aliphatic carbocycles. The first kappa shape index (κ1) is 24.8. The third kappa shape index (κ3) is 5.51. The second kappa shape index (κ2) is 11.0. The summed E-state index contributed by atoms with van der Waals surface area (Å²) in [6.45, 7) is 4.18. The maximum Gasteiger partial charge on any atom is 0.266 e. The second-order valence-electron chi connectivity index (χ2n) is 8.40. The van der Waals surface area contributed by atoms with Gasteiger partial charge in [0.25, 0.3) is 5.91 Å². The quantitative estimate of drug-likeness (QED) is 0.216. The third-order valence-corrected chi connectivity index (χ3v) is 6.09. The van der Waals surface area contributed by atoms with Gasteiger partial charge in [-0.15, -0.1) is 0 Å². The Balaban J connectivity index is 1.57. The van der Waals surface area contributed by atoms with Crippen LogP contribution in [0.25, 0.3) is 16.8 Å². The second-order valence-corrected chi connectivity index (χ2v) is 8.81. The van der Waals surface area contributed by atoms with E-state index in [1.165, 1.54) is 13.2 Å². The summed E-state index contributed by atoms with van der Waals surface area (Å²) in [5.41, 5.74) is 4.16. The molecule has 0 saturated heterocycles. The van der Waals surface area contributed by atoms with E-state index in [-0.39, 0.29) is 5.57 Å². The lowest BCUT2D eigenvalue weighted by Crippen LogP contribution is -2.14. The molecule has 5 nitrogen and oxygen atoms in total. The molecule has 0 fully saturated rings. The van der Waals surface area contributed by atoms with Crippen LogP contribution in [0.4, 0.5) is 5.69 Å². The van der Waals surface area contributed by atoms with Gasteiger partial charge in [0, 0.05) is 5.69 Å². The molecule has 0 aliphatic heterocycles. The molecule has 0 aliphatic rings. The molecule has 1 amide bonds. The summed E-state index contributed by atoms with van der Waals surface area (Å²) in [6, 6.07) is 25.1.